The van der Waals surface area contributed by atoms with Gasteiger partial charge in [-0.2, -0.15) is 0 Å². The lowest BCUT2D eigenvalue weighted by Crippen LogP contribution is -2.36. The lowest BCUT2D eigenvalue weighted by atomic mass is 9.79. The van der Waals surface area contributed by atoms with Crippen molar-refractivity contribution in [2.24, 2.45) is 10.9 Å². The number of carbonyl (C=O) groups is 3. The molecule has 2 heterocycles. The van der Waals surface area contributed by atoms with Gasteiger partial charge in [0, 0.05) is 40.9 Å². The van der Waals surface area contributed by atoms with Crippen molar-refractivity contribution in [3.8, 4) is 5.75 Å². The van der Waals surface area contributed by atoms with E-state index in [-0.39, 0.29) is 29.7 Å². The van der Waals surface area contributed by atoms with Crippen LogP contribution >= 0.6 is 11.3 Å². The molecular formula is C24H25N3O8S. The van der Waals surface area contributed by atoms with Gasteiger partial charge in [-0.05, 0) is 44.2 Å². The summed E-state index contributed by atoms with van der Waals surface area (Å²) in [7, 11) is 1.23. The number of thiophene rings is 1. The molecule has 0 saturated heterocycles. The molecule has 0 radical (unpaired) electrons. The maximum atomic E-state index is 13.1. The number of ether oxygens (including phenoxy) is 3. The van der Waals surface area contributed by atoms with Crippen LogP contribution in [0.15, 0.2) is 52.7 Å². The van der Waals surface area contributed by atoms with E-state index < -0.39 is 28.7 Å². The van der Waals surface area contributed by atoms with Crippen molar-refractivity contribution in [3.05, 3.63) is 62.7 Å². The number of esters is 2. The van der Waals surface area contributed by atoms with E-state index in [4.69, 9.17) is 14.2 Å². The maximum Gasteiger partial charge on any atom is 0.336 e. The predicted molar refractivity (Wildman–Crippen MR) is 132 cm³/mol. The molecule has 190 valence electrons. The van der Waals surface area contributed by atoms with Crippen LogP contribution < -0.4 is 10.1 Å². The highest BCUT2D eigenvalue weighted by Gasteiger charge is 2.43. The average Bonchev–Trinajstić information content (AvgIpc) is 3.32. The van der Waals surface area contributed by atoms with Crippen LogP contribution in [-0.2, 0) is 23.9 Å². The topological polar surface area (TPSA) is 146 Å². The number of aliphatic imine (C=N–C) groups is 1. The van der Waals surface area contributed by atoms with Crippen LogP contribution in [0.25, 0.3) is 0 Å². The van der Waals surface area contributed by atoms with Crippen molar-refractivity contribution in [2.75, 3.05) is 25.6 Å². The molecule has 0 saturated carbocycles. The van der Waals surface area contributed by atoms with Gasteiger partial charge < -0.3 is 19.5 Å². The molecule has 1 unspecified atom stereocenters. The molecule has 2 atom stereocenters. The monoisotopic (exact) mass is 515 g/mol. The zero-order chi connectivity index (χ0) is 26.4. The van der Waals surface area contributed by atoms with Crippen molar-refractivity contribution in [1.82, 2.24) is 0 Å². The van der Waals surface area contributed by atoms with Crippen LogP contribution in [0.5, 0.6) is 5.75 Å². The Morgan fingerprint density at radius 2 is 1.81 bits per heavy atom. The van der Waals surface area contributed by atoms with E-state index in [0.717, 1.165) is 11.3 Å². The van der Waals surface area contributed by atoms with E-state index in [2.05, 4.69) is 10.3 Å². The summed E-state index contributed by atoms with van der Waals surface area (Å²) in [4.78, 5) is 52.4. The van der Waals surface area contributed by atoms with Gasteiger partial charge >= 0.3 is 16.9 Å². The summed E-state index contributed by atoms with van der Waals surface area (Å²) in [6.07, 6.45) is 0. The number of hydrogen-bond donors (Lipinski definition) is 1. The number of carbonyl (C=O) groups excluding carboxylic acids is 3. The van der Waals surface area contributed by atoms with Crippen LogP contribution in [0.2, 0.25) is 0 Å². The lowest BCUT2D eigenvalue weighted by Gasteiger charge is -2.30. The fourth-order valence-corrected chi connectivity index (χ4v) is 4.83. The minimum Gasteiger partial charge on any atom is -0.490 e. The number of nitro groups is 1. The number of anilines is 1. The first-order valence-electron chi connectivity index (χ1n) is 10.9. The van der Waals surface area contributed by atoms with E-state index in [1.54, 1.807) is 38.1 Å². The van der Waals surface area contributed by atoms with Gasteiger partial charge in [0.1, 0.15) is 24.9 Å². The van der Waals surface area contributed by atoms with E-state index in [1.165, 1.54) is 26.2 Å². The average molecular weight is 516 g/mol. The highest BCUT2D eigenvalue weighted by molar-refractivity contribution is 7.15. The van der Waals surface area contributed by atoms with Crippen LogP contribution in [0.4, 0.5) is 10.7 Å². The molecule has 2 aromatic rings. The summed E-state index contributed by atoms with van der Waals surface area (Å²) >= 11 is 0.880. The highest BCUT2D eigenvalue weighted by atomic mass is 32.1. The van der Waals surface area contributed by atoms with Crippen molar-refractivity contribution in [1.29, 1.82) is 0 Å². The van der Waals surface area contributed by atoms with E-state index in [0.29, 0.717) is 27.7 Å². The molecule has 0 fully saturated rings. The third-order valence-electron chi connectivity index (χ3n) is 5.36. The molecule has 1 aromatic carbocycles. The summed E-state index contributed by atoms with van der Waals surface area (Å²) in [5.41, 5.74) is 1.54. The Kier molecular flexibility index (Phi) is 8.54. The minimum absolute atomic E-state index is 0.0510. The minimum atomic E-state index is -0.933. The number of methoxy groups -OCH3 is 1. The normalized spacial score (nSPS) is 17.2. The molecule has 1 aromatic heterocycles. The van der Waals surface area contributed by atoms with Crippen molar-refractivity contribution in [3.63, 3.8) is 0 Å². The molecule has 1 N–H and O–H groups in total. The van der Waals surface area contributed by atoms with Gasteiger partial charge in [0.05, 0.1) is 17.6 Å². The largest absolute Gasteiger partial charge is 0.490 e. The van der Waals surface area contributed by atoms with E-state index in [9.17, 15) is 24.5 Å². The van der Waals surface area contributed by atoms with Crippen LogP contribution in [-0.4, -0.2) is 48.8 Å². The number of hydrogen-bond acceptors (Lipinski definition) is 10. The molecule has 1 aliphatic rings. The Hall–Kier alpha value is -4.06. The summed E-state index contributed by atoms with van der Waals surface area (Å²) in [5, 5.41) is 13.8. The van der Waals surface area contributed by atoms with Crippen LogP contribution in [0.3, 0.4) is 0 Å². The number of benzene rings is 1. The molecule has 0 spiro atoms. The Morgan fingerprint density at radius 3 is 2.39 bits per heavy atom. The standard InChI is InChI=1S/C24H25N3O8S/c1-13-20(23(29)33-4)22(18-9-10-19(36-18)27(31)32)21(14(2)25-13)24(30)35-12-11-34-17-7-5-16(6-8-17)26-15(3)28/h5-10,20,22H,11-12H2,1-4H3,(H,26,28)/t20?,22-/m1/s1. The van der Waals surface area contributed by atoms with Crippen molar-refractivity contribution < 1.29 is 33.5 Å². The van der Waals surface area contributed by atoms with E-state index >= 15 is 0 Å². The second-order valence-corrected chi connectivity index (χ2v) is 8.95. The Balaban J connectivity index is 1.75. The number of rotatable bonds is 9. The predicted octanol–water partition coefficient (Wildman–Crippen LogP) is 3.86. The summed E-state index contributed by atoms with van der Waals surface area (Å²) in [6, 6.07) is 9.54. The Labute approximate surface area is 210 Å². The molecular weight excluding hydrogens is 490 g/mol. The Morgan fingerprint density at radius 1 is 1.11 bits per heavy atom. The van der Waals surface area contributed by atoms with Gasteiger partial charge in [-0.1, -0.05) is 11.3 Å². The molecule has 0 bridgehead atoms. The molecule has 3 rings (SSSR count). The van der Waals surface area contributed by atoms with E-state index in [1.807, 2.05) is 0 Å². The number of allylic oxidation sites excluding steroid dienone is 1. The van der Waals surface area contributed by atoms with Gasteiger partial charge in [0.2, 0.25) is 5.91 Å². The lowest BCUT2D eigenvalue weighted by molar-refractivity contribution is -0.380. The first kappa shape index (κ1) is 26.5. The fourth-order valence-electron chi connectivity index (χ4n) is 3.86. The zero-order valence-electron chi connectivity index (χ0n) is 20.1. The number of nitrogens with one attached hydrogen (secondary N) is 1. The van der Waals surface area contributed by atoms with Gasteiger partial charge in [-0.15, -0.1) is 0 Å². The summed E-state index contributed by atoms with van der Waals surface area (Å²) in [6.45, 7) is 4.64. The molecule has 1 aliphatic heterocycles. The van der Waals surface area contributed by atoms with Gasteiger partial charge in [-0.3, -0.25) is 24.7 Å². The van der Waals surface area contributed by atoms with Gasteiger partial charge in [0.15, 0.2) is 0 Å². The van der Waals surface area contributed by atoms with Crippen LogP contribution in [0.1, 0.15) is 31.6 Å². The Bertz CT molecular complexity index is 1230. The fraction of sp³-hybridized carbons (Fsp3) is 0.333. The first-order valence-corrected chi connectivity index (χ1v) is 11.7. The molecule has 11 nitrogen and oxygen atoms in total. The molecule has 12 heteroatoms. The quantitative estimate of drug-likeness (QED) is 0.229. The highest BCUT2D eigenvalue weighted by Crippen LogP contribution is 2.43. The third kappa shape index (κ3) is 6.13. The summed E-state index contributed by atoms with van der Waals surface area (Å²) in [5.74, 6) is -2.76. The second-order valence-electron chi connectivity index (χ2n) is 7.85. The first-order chi connectivity index (χ1) is 17.1. The smallest absolute Gasteiger partial charge is 0.336 e. The molecule has 36 heavy (non-hydrogen) atoms. The maximum absolute atomic E-state index is 13.1. The van der Waals surface area contributed by atoms with Crippen molar-refractivity contribution >= 4 is 45.6 Å². The SMILES string of the molecule is COC(=O)C1C(C)=NC(C)=C(C(=O)OCCOc2ccc(NC(C)=O)cc2)[C@@H]1c1ccc([N+](=O)[O-])s1. The molecule has 1 amide bonds. The zero-order valence-corrected chi connectivity index (χ0v) is 20.9. The molecule has 0 aliphatic carbocycles. The van der Waals surface area contributed by atoms with Gasteiger partial charge in [-0.25, -0.2) is 4.79 Å². The van der Waals surface area contributed by atoms with Crippen molar-refractivity contribution in [2.45, 2.75) is 26.7 Å². The number of nitrogens with zero attached hydrogens (tertiary/aromatic N) is 2. The van der Waals surface area contributed by atoms with Crippen LogP contribution in [0, 0.1) is 16.0 Å². The van der Waals surface area contributed by atoms with Gasteiger partial charge in [0.25, 0.3) is 0 Å². The third-order valence-corrected chi connectivity index (χ3v) is 6.48. The number of amides is 1. The second kappa shape index (κ2) is 11.6. The summed E-state index contributed by atoms with van der Waals surface area (Å²) < 4.78 is 15.9.